The molecule has 1 amide bonds. The molecule has 0 saturated heterocycles. The Morgan fingerprint density at radius 1 is 1.29 bits per heavy atom. The first-order valence-electron chi connectivity index (χ1n) is 7.28. The van der Waals surface area contributed by atoms with Gasteiger partial charge in [-0.2, -0.15) is 0 Å². The van der Waals surface area contributed by atoms with E-state index in [1.165, 1.54) is 18.3 Å². The van der Waals surface area contributed by atoms with Crippen molar-refractivity contribution in [3.63, 3.8) is 0 Å². The van der Waals surface area contributed by atoms with Gasteiger partial charge in [-0.15, -0.1) is 0 Å². The molecule has 6 nitrogen and oxygen atoms in total. The van der Waals surface area contributed by atoms with Crippen molar-refractivity contribution in [1.82, 2.24) is 19.9 Å². The minimum absolute atomic E-state index is 0.0481. The van der Waals surface area contributed by atoms with Crippen molar-refractivity contribution >= 4 is 5.91 Å². The number of carbonyl (C=O) groups excluding carboxylic acids is 1. The van der Waals surface area contributed by atoms with E-state index in [1.807, 2.05) is 0 Å². The maximum absolute atomic E-state index is 14.2. The van der Waals surface area contributed by atoms with Crippen LogP contribution >= 0.6 is 0 Å². The van der Waals surface area contributed by atoms with Crippen LogP contribution in [0.3, 0.4) is 0 Å². The van der Waals surface area contributed by atoms with Crippen LogP contribution in [-0.2, 0) is 7.05 Å². The Hall–Kier alpha value is -3.22. The summed E-state index contributed by atoms with van der Waals surface area (Å²) in [5.41, 5.74) is -0.289. The minimum atomic E-state index is -0.821. The maximum Gasteiger partial charge on any atom is 0.260 e. The predicted octanol–water partition coefficient (Wildman–Crippen LogP) is 1.77. The van der Waals surface area contributed by atoms with Crippen molar-refractivity contribution in [2.45, 2.75) is 6.04 Å². The van der Waals surface area contributed by atoms with E-state index in [9.17, 15) is 14.0 Å². The highest BCUT2D eigenvalue weighted by Gasteiger charge is 2.24. The van der Waals surface area contributed by atoms with Gasteiger partial charge in [-0.3, -0.25) is 9.59 Å². The number of aryl methyl sites for hydroxylation is 1. The first-order valence-corrected chi connectivity index (χ1v) is 7.28. The Morgan fingerprint density at radius 2 is 2.08 bits per heavy atom. The molecule has 3 aromatic rings. The van der Waals surface area contributed by atoms with Gasteiger partial charge in [0.2, 0.25) is 0 Å². The van der Waals surface area contributed by atoms with Crippen molar-refractivity contribution in [2.24, 2.45) is 7.05 Å². The largest absolute Gasteiger partial charge is 0.338 e. The number of halogens is 1. The molecule has 0 aliphatic rings. The van der Waals surface area contributed by atoms with Crippen molar-refractivity contribution in [2.75, 3.05) is 0 Å². The molecule has 0 saturated carbocycles. The SMILES string of the molecule is Cn1ccnc1[C@H](NC(=O)c1ccc[nH]c1=O)c1ccccc1F. The molecule has 2 N–H and O–H groups in total. The quantitative estimate of drug-likeness (QED) is 0.767. The standard InChI is InChI=1S/C17H15FN4O2/c1-22-10-9-19-15(22)14(11-5-2-3-7-13(11)18)21-17(24)12-6-4-8-20-16(12)23/h2-10,14H,1H3,(H,20,23)(H,21,24)/t14-/m1/s1. The summed E-state index contributed by atoms with van der Waals surface area (Å²) in [6.07, 6.45) is 4.70. The number of carbonyl (C=O) groups is 1. The van der Waals surface area contributed by atoms with Gasteiger partial charge in [-0.1, -0.05) is 18.2 Å². The number of aromatic nitrogens is 3. The number of rotatable bonds is 4. The number of benzene rings is 1. The number of H-pyrrole nitrogens is 1. The third kappa shape index (κ3) is 2.96. The van der Waals surface area contributed by atoms with Crippen LogP contribution in [0.1, 0.15) is 27.8 Å². The van der Waals surface area contributed by atoms with Crippen LogP contribution < -0.4 is 10.9 Å². The van der Waals surface area contributed by atoms with E-state index in [0.29, 0.717) is 5.82 Å². The van der Waals surface area contributed by atoms with Crippen molar-refractivity contribution in [3.8, 4) is 0 Å². The van der Waals surface area contributed by atoms with Crippen LogP contribution in [0.4, 0.5) is 4.39 Å². The average molecular weight is 326 g/mol. The minimum Gasteiger partial charge on any atom is -0.338 e. The molecule has 7 heteroatoms. The lowest BCUT2D eigenvalue weighted by molar-refractivity contribution is 0.0939. The van der Waals surface area contributed by atoms with Gasteiger partial charge in [0.15, 0.2) is 0 Å². The average Bonchev–Trinajstić information content (AvgIpc) is 2.99. The topological polar surface area (TPSA) is 79.8 Å². The molecule has 0 radical (unpaired) electrons. The Kier molecular flexibility index (Phi) is 4.24. The Labute approximate surface area is 137 Å². The Bertz CT molecular complexity index is 932. The Morgan fingerprint density at radius 3 is 2.75 bits per heavy atom. The van der Waals surface area contributed by atoms with Gasteiger partial charge in [0.25, 0.3) is 11.5 Å². The van der Waals surface area contributed by atoms with Crippen LogP contribution in [0.5, 0.6) is 0 Å². The molecule has 2 heterocycles. The van der Waals surface area contributed by atoms with Crippen LogP contribution in [0, 0.1) is 5.82 Å². The molecule has 0 unspecified atom stereocenters. The molecular formula is C17H15FN4O2. The first kappa shape index (κ1) is 15.7. The lowest BCUT2D eigenvalue weighted by Crippen LogP contribution is -2.34. The van der Waals surface area contributed by atoms with Crippen molar-refractivity contribution in [3.05, 3.63) is 88.1 Å². The zero-order chi connectivity index (χ0) is 17.1. The van der Waals surface area contributed by atoms with Crippen LogP contribution in [-0.4, -0.2) is 20.4 Å². The smallest absolute Gasteiger partial charge is 0.260 e. The third-order valence-electron chi connectivity index (χ3n) is 3.67. The summed E-state index contributed by atoms with van der Waals surface area (Å²) < 4.78 is 15.9. The number of imidazole rings is 1. The predicted molar refractivity (Wildman–Crippen MR) is 86.0 cm³/mol. The number of amides is 1. The highest BCUT2D eigenvalue weighted by atomic mass is 19.1. The molecule has 1 atom stereocenters. The van der Waals surface area contributed by atoms with E-state index in [4.69, 9.17) is 0 Å². The van der Waals surface area contributed by atoms with E-state index in [1.54, 1.807) is 48.3 Å². The summed E-state index contributed by atoms with van der Waals surface area (Å²) in [5, 5.41) is 2.69. The van der Waals surface area contributed by atoms with Gasteiger partial charge in [-0.25, -0.2) is 9.37 Å². The highest BCUT2D eigenvalue weighted by Crippen LogP contribution is 2.23. The fourth-order valence-electron chi connectivity index (χ4n) is 2.46. The maximum atomic E-state index is 14.2. The molecule has 0 aliphatic heterocycles. The second-order valence-corrected chi connectivity index (χ2v) is 5.24. The summed E-state index contributed by atoms with van der Waals surface area (Å²) in [6.45, 7) is 0. The summed E-state index contributed by atoms with van der Waals surface area (Å²) in [6, 6.07) is 8.27. The number of hydrogen-bond donors (Lipinski definition) is 2. The summed E-state index contributed by atoms with van der Waals surface area (Å²) in [7, 11) is 1.75. The number of hydrogen-bond acceptors (Lipinski definition) is 3. The molecule has 0 spiro atoms. The molecule has 24 heavy (non-hydrogen) atoms. The van der Waals surface area contributed by atoms with E-state index in [-0.39, 0.29) is 11.1 Å². The third-order valence-corrected chi connectivity index (χ3v) is 3.67. The van der Waals surface area contributed by atoms with Gasteiger partial charge in [0, 0.05) is 31.2 Å². The molecule has 0 bridgehead atoms. The highest BCUT2D eigenvalue weighted by molar-refractivity contribution is 5.94. The zero-order valence-electron chi connectivity index (χ0n) is 12.9. The van der Waals surface area contributed by atoms with Gasteiger partial charge >= 0.3 is 0 Å². The number of pyridine rings is 1. The summed E-state index contributed by atoms with van der Waals surface area (Å²) in [5.74, 6) is -0.610. The Balaban J connectivity index is 2.02. The number of aromatic amines is 1. The molecular weight excluding hydrogens is 311 g/mol. The molecule has 3 rings (SSSR count). The molecule has 2 aromatic heterocycles. The van der Waals surface area contributed by atoms with Crippen LogP contribution in [0.2, 0.25) is 0 Å². The van der Waals surface area contributed by atoms with Crippen LogP contribution in [0.25, 0.3) is 0 Å². The van der Waals surface area contributed by atoms with E-state index < -0.39 is 23.3 Å². The number of nitrogens with one attached hydrogen (secondary N) is 2. The lowest BCUT2D eigenvalue weighted by Gasteiger charge is -2.19. The molecule has 0 aliphatic carbocycles. The summed E-state index contributed by atoms with van der Waals surface area (Å²) in [4.78, 5) is 30.9. The summed E-state index contributed by atoms with van der Waals surface area (Å²) >= 11 is 0. The van der Waals surface area contributed by atoms with Gasteiger partial charge < -0.3 is 14.9 Å². The molecule has 0 fully saturated rings. The van der Waals surface area contributed by atoms with Crippen molar-refractivity contribution in [1.29, 1.82) is 0 Å². The monoisotopic (exact) mass is 326 g/mol. The lowest BCUT2D eigenvalue weighted by atomic mass is 10.0. The second-order valence-electron chi connectivity index (χ2n) is 5.24. The van der Waals surface area contributed by atoms with Crippen molar-refractivity contribution < 1.29 is 9.18 Å². The van der Waals surface area contributed by atoms with E-state index in [0.717, 1.165) is 0 Å². The second kappa shape index (κ2) is 6.49. The normalized spacial score (nSPS) is 11.9. The van der Waals surface area contributed by atoms with E-state index >= 15 is 0 Å². The van der Waals surface area contributed by atoms with Gasteiger partial charge in [-0.05, 0) is 18.2 Å². The molecule has 122 valence electrons. The first-order chi connectivity index (χ1) is 11.6. The van der Waals surface area contributed by atoms with Crippen LogP contribution in [0.15, 0.2) is 59.8 Å². The van der Waals surface area contributed by atoms with E-state index in [2.05, 4.69) is 15.3 Å². The van der Waals surface area contributed by atoms with Gasteiger partial charge in [0.05, 0.1) is 0 Å². The zero-order valence-corrected chi connectivity index (χ0v) is 12.9. The fraction of sp³-hybridized carbons (Fsp3) is 0.118. The number of nitrogens with zero attached hydrogens (tertiary/aromatic N) is 2. The van der Waals surface area contributed by atoms with Gasteiger partial charge in [0.1, 0.15) is 23.2 Å². The molecule has 1 aromatic carbocycles. The fourth-order valence-corrected chi connectivity index (χ4v) is 2.46.